The summed E-state index contributed by atoms with van der Waals surface area (Å²) < 4.78 is 0. The van der Waals surface area contributed by atoms with E-state index < -0.39 is 0 Å². The van der Waals surface area contributed by atoms with E-state index in [2.05, 4.69) is 176 Å². The van der Waals surface area contributed by atoms with E-state index in [1.807, 2.05) is 24.4 Å². The standard InChI is InChI=1S/C51H49N3O/c1-49(2,3)37-27-35(28-38(31-37)50(4,5)6)36-29-44(53-45(30-36)40-18-9-14-23-48(40)55)34-17-15-16-33(26-34)43-32-39(24-25-52-43)54-46-21-12-10-19-41(46)51(7,8)42-20-11-13-22-47(42)54/h9-32,55H,1-8H3. The van der Waals surface area contributed by atoms with Crippen LogP contribution in [0.2, 0.25) is 0 Å². The molecule has 3 heterocycles. The molecule has 8 rings (SSSR count). The second kappa shape index (κ2) is 13.4. The number of aromatic hydroxyl groups is 1. The van der Waals surface area contributed by atoms with Gasteiger partial charge in [-0.05, 0) is 98.8 Å². The van der Waals surface area contributed by atoms with Crippen molar-refractivity contribution in [2.45, 2.75) is 71.6 Å². The summed E-state index contributed by atoms with van der Waals surface area (Å²) >= 11 is 0. The average Bonchev–Trinajstić information content (AvgIpc) is 3.17. The molecular weight excluding hydrogens is 671 g/mol. The summed E-state index contributed by atoms with van der Waals surface area (Å²) in [5, 5.41) is 11.0. The number of pyridine rings is 2. The molecule has 2 aromatic heterocycles. The van der Waals surface area contributed by atoms with Gasteiger partial charge in [-0.3, -0.25) is 4.98 Å². The van der Waals surface area contributed by atoms with E-state index in [4.69, 9.17) is 9.97 Å². The van der Waals surface area contributed by atoms with Crippen molar-refractivity contribution >= 4 is 17.1 Å². The van der Waals surface area contributed by atoms with Gasteiger partial charge in [-0.15, -0.1) is 0 Å². The summed E-state index contributed by atoms with van der Waals surface area (Å²) in [6, 6.07) is 48.9. The van der Waals surface area contributed by atoms with Gasteiger partial charge in [-0.25, -0.2) is 4.98 Å². The van der Waals surface area contributed by atoms with E-state index >= 15 is 0 Å². The zero-order valence-corrected chi connectivity index (χ0v) is 33.1. The van der Waals surface area contributed by atoms with Crippen molar-refractivity contribution in [2.24, 2.45) is 0 Å². The third-order valence-corrected chi connectivity index (χ3v) is 11.1. The molecule has 0 radical (unpaired) electrons. The molecule has 0 atom stereocenters. The Hall–Kier alpha value is -6.00. The van der Waals surface area contributed by atoms with E-state index in [0.29, 0.717) is 5.56 Å². The number of para-hydroxylation sites is 3. The van der Waals surface area contributed by atoms with Gasteiger partial charge in [0, 0.05) is 34.0 Å². The third-order valence-electron chi connectivity index (χ3n) is 11.1. The maximum atomic E-state index is 11.0. The Balaban J connectivity index is 1.26. The van der Waals surface area contributed by atoms with E-state index in [-0.39, 0.29) is 22.0 Å². The number of anilines is 3. The first-order valence-electron chi connectivity index (χ1n) is 19.2. The first-order chi connectivity index (χ1) is 26.2. The second-order valence-electron chi connectivity index (χ2n) is 17.4. The molecule has 1 aliphatic heterocycles. The quantitative estimate of drug-likeness (QED) is 0.192. The summed E-state index contributed by atoms with van der Waals surface area (Å²) in [5.41, 5.74) is 15.7. The highest BCUT2D eigenvalue weighted by atomic mass is 16.3. The Morgan fingerprint density at radius 1 is 0.509 bits per heavy atom. The Morgan fingerprint density at radius 2 is 1.05 bits per heavy atom. The predicted octanol–water partition coefficient (Wildman–Crippen LogP) is 13.6. The van der Waals surface area contributed by atoms with Crippen LogP contribution in [0.4, 0.5) is 17.1 Å². The van der Waals surface area contributed by atoms with E-state index in [1.165, 1.54) is 33.6 Å². The zero-order valence-electron chi connectivity index (χ0n) is 33.1. The predicted molar refractivity (Wildman–Crippen MR) is 230 cm³/mol. The Morgan fingerprint density at radius 3 is 1.67 bits per heavy atom. The van der Waals surface area contributed by atoms with Crippen molar-refractivity contribution in [1.29, 1.82) is 0 Å². The maximum Gasteiger partial charge on any atom is 0.124 e. The molecule has 0 saturated carbocycles. The molecule has 0 saturated heterocycles. The number of rotatable bonds is 5. The Bertz CT molecular complexity index is 2490. The zero-order chi connectivity index (χ0) is 38.7. The van der Waals surface area contributed by atoms with Gasteiger partial charge in [0.2, 0.25) is 0 Å². The number of nitrogens with zero attached hydrogens (tertiary/aromatic N) is 3. The summed E-state index contributed by atoms with van der Waals surface area (Å²) in [4.78, 5) is 12.5. The molecule has 55 heavy (non-hydrogen) atoms. The van der Waals surface area contributed by atoms with Crippen LogP contribution in [0.25, 0.3) is 44.9 Å². The smallest absolute Gasteiger partial charge is 0.124 e. The number of benzene rings is 5. The van der Waals surface area contributed by atoms with Gasteiger partial charge in [0.15, 0.2) is 0 Å². The molecule has 5 aromatic carbocycles. The first kappa shape index (κ1) is 36.0. The second-order valence-corrected chi connectivity index (χ2v) is 17.4. The van der Waals surface area contributed by atoms with Crippen molar-refractivity contribution in [3.63, 3.8) is 0 Å². The van der Waals surface area contributed by atoms with Crippen LogP contribution in [0.5, 0.6) is 5.75 Å². The van der Waals surface area contributed by atoms with Gasteiger partial charge < -0.3 is 10.0 Å². The van der Waals surface area contributed by atoms with Crippen molar-refractivity contribution < 1.29 is 5.11 Å². The number of aromatic nitrogens is 2. The topological polar surface area (TPSA) is 49.2 Å². The minimum Gasteiger partial charge on any atom is -0.507 e. The van der Waals surface area contributed by atoms with Crippen LogP contribution in [-0.4, -0.2) is 15.1 Å². The van der Waals surface area contributed by atoms with E-state index in [1.54, 1.807) is 6.07 Å². The molecule has 0 spiro atoms. The van der Waals surface area contributed by atoms with Crippen LogP contribution in [0.15, 0.2) is 146 Å². The molecule has 274 valence electrons. The molecule has 0 bridgehead atoms. The van der Waals surface area contributed by atoms with Crippen LogP contribution < -0.4 is 4.90 Å². The van der Waals surface area contributed by atoms with Crippen molar-refractivity contribution in [1.82, 2.24) is 9.97 Å². The summed E-state index contributed by atoms with van der Waals surface area (Å²) in [7, 11) is 0. The van der Waals surface area contributed by atoms with Crippen LogP contribution >= 0.6 is 0 Å². The highest BCUT2D eigenvalue weighted by molar-refractivity contribution is 5.87. The van der Waals surface area contributed by atoms with Gasteiger partial charge in [-0.2, -0.15) is 0 Å². The van der Waals surface area contributed by atoms with Crippen molar-refractivity contribution in [2.75, 3.05) is 4.90 Å². The first-order valence-corrected chi connectivity index (χ1v) is 19.2. The van der Waals surface area contributed by atoms with Crippen LogP contribution in [0, 0.1) is 0 Å². The van der Waals surface area contributed by atoms with Gasteiger partial charge >= 0.3 is 0 Å². The van der Waals surface area contributed by atoms with Crippen molar-refractivity contribution in [3.05, 3.63) is 168 Å². The molecule has 4 nitrogen and oxygen atoms in total. The summed E-state index contributed by atoms with van der Waals surface area (Å²) in [6.45, 7) is 18.2. The van der Waals surface area contributed by atoms with Crippen LogP contribution in [-0.2, 0) is 16.2 Å². The fourth-order valence-electron chi connectivity index (χ4n) is 7.84. The van der Waals surface area contributed by atoms with Gasteiger partial charge in [0.1, 0.15) is 5.75 Å². The monoisotopic (exact) mass is 719 g/mol. The Kier molecular flexibility index (Phi) is 8.76. The fraction of sp³-hybridized carbons (Fsp3) is 0.216. The van der Waals surface area contributed by atoms with Gasteiger partial charge in [0.25, 0.3) is 0 Å². The molecular formula is C51H49N3O. The minimum atomic E-state index is -0.132. The number of hydrogen-bond donors (Lipinski definition) is 1. The minimum absolute atomic E-state index is 0.0309. The molecule has 7 aromatic rings. The van der Waals surface area contributed by atoms with Gasteiger partial charge in [-0.1, -0.05) is 140 Å². The SMILES string of the molecule is CC(C)(C)c1cc(-c2cc(-c3cccc(-c4cc(N5c6ccccc6C(C)(C)c6ccccc65)ccn4)c3)nc(-c3ccccc3O)c2)cc(C(C)(C)C)c1. The fourth-order valence-corrected chi connectivity index (χ4v) is 7.84. The molecule has 1 aliphatic rings. The normalized spacial score (nSPS) is 13.6. The van der Waals surface area contributed by atoms with E-state index in [0.717, 1.165) is 45.0 Å². The van der Waals surface area contributed by atoms with Crippen LogP contribution in [0.1, 0.15) is 77.6 Å². The third kappa shape index (κ3) is 6.71. The van der Waals surface area contributed by atoms with Gasteiger partial charge in [0.05, 0.1) is 28.5 Å². The highest BCUT2D eigenvalue weighted by Crippen LogP contribution is 2.52. The van der Waals surface area contributed by atoms with Crippen LogP contribution in [0.3, 0.4) is 0 Å². The summed E-state index contributed by atoms with van der Waals surface area (Å²) in [6.07, 6.45) is 1.91. The number of phenols is 1. The number of fused-ring (bicyclic) bond motifs is 2. The lowest BCUT2D eigenvalue weighted by Gasteiger charge is -2.42. The van der Waals surface area contributed by atoms with E-state index in [9.17, 15) is 5.11 Å². The maximum absolute atomic E-state index is 11.0. The molecule has 0 fully saturated rings. The molecule has 0 aliphatic carbocycles. The molecule has 0 unspecified atom stereocenters. The highest BCUT2D eigenvalue weighted by Gasteiger charge is 2.36. The largest absolute Gasteiger partial charge is 0.507 e. The lowest BCUT2D eigenvalue weighted by molar-refractivity contribution is 0.477. The average molecular weight is 720 g/mol. The lowest BCUT2D eigenvalue weighted by atomic mass is 9.73. The molecule has 0 amide bonds. The molecule has 1 N–H and O–H groups in total. The Labute approximate surface area is 326 Å². The summed E-state index contributed by atoms with van der Waals surface area (Å²) in [5.74, 6) is 0.205. The molecule has 4 heteroatoms. The lowest BCUT2D eigenvalue weighted by Crippen LogP contribution is -2.30. The van der Waals surface area contributed by atoms with Crippen molar-refractivity contribution in [3.8, 4) is 50.6 Å². The number of phenolic OH excluding ortho intramolecular Hbond substituents is 1. The number of hydrogen-bond acceptors (Lipinski definition) is 4.